The zero-order chi connectivity index (χ0) is 10.1. The third-order valence-electron chi connectivity index (χ3n) is 2.07. The standard InChI is InChI=1S/C10H22N2O/c1-3-5-6-7-12-10(13)8-9(11)4-2/h9H,3-8,11H2,1-2H3,(H,12,13). The fourth-order valence-corrected chi connectivity index (χ4v) is 1.06. The summed E-state index contributed by atoms with van der Waals surface area (Å²) in [6.07, 6.45) is 4.76. The topological polar surface area (TPSA) is 55.1 Å². The normalized spacial score (nSPS) is 12.5. The lowest BCUT2D eigenvalue weighted by atomic mass is 10.1. The van der Waals surface area contributed by atoms with E-state index in [4.69, 9.17) is 5.73 Å². The predicted molar refractivity (Wildman–Crippen MR) is 55.4 cm³/mol. The Kier molecular flexibility index (Phi) is 7.69. The predicted octanol–water partition coefficient (Wildman–Crippen LogP) is 1.42. The van der Waals surface area contributed by atoms with Crippen LogP contribution in [0.2, 0.25) is 0 Å². The maximum Gasteiger partial charge on any atom is 0.221 e. The third kappa shape index (κ3) is 7.78. The van der Waals surface area contributed by atoms with Gasteiger partial charge in [-0.15, -0.1) is 0 Å². The highest BCUT2D eigenvalue weighted by molar-refractivity contribution is 5.76. The number of nitrogens with two attached hydrogens (primary N) is 1. The van der Waals surface area contributed by atoms with Crippen molar-refractivity contribution < 1.29 is 4.79 Å². The van der Waals surface area contributed by atoms with Crippen LogP contribution in [0.4, 0.5) is 0 Å². The van der Waals surface area contributed by atoms with Crippen molar-refractivity contribution in [3.8, 4) is 0 Å². The van der Waals surface area contributed by atoms with Gasteiger partial charge in [0.05, 0.1) is 0 Å². The number of carbonyl (C=O) groups excluding carboxylic acids is 1. The van der Waals surface area contributed by atoms with Crippen molar-refractivity contribution in [3.63, 3.8) is 0 Å². The Labute approximate surface area is 81.1 Å². The molecule has 0 bridgehead atoms. The van der Waals surface area contributed by atoms with Gasteiger partial charge in [-0.05, 0) is 12.8 Å². The molecule has 1 amide bonds. The molecule has 0 fully saturated rings. The first kappa shape index (κ1) is 12.4. The summed E-state index contributed by atoms with van der Waals surface area (Å²) < 4.78 is 0. The monoisotopic (exact) mass is 186 g/mol. The summed E-state index contributed by atoms with van der Waals surface area (Å²) in [5.74, 6) is 0.0884. The number of hydrogen-bond donors (Lipinski definition) is 2. The number of amides is 1. The van der Waals surface area contributed by atoms with Gasteiger partial charge in [0.2, 0.25) is 5.91 Å². The molecule has 0 aromatic carbocycles. The lowest BCUT2D eigenvalue weighted by Gasteiger charge is -2.08. The van der Waals surface area contributed by atoms with Crippen LogP contribution in [0.5, 0.6) is 0 Å². The fraction of sp³-hybridized carbons (Fsp3) is 0.900. The summed E-state index contributed by atoms with van der Waals surface area (Å²) in [7, 11) is 0. The van der Waals surface area contributed by atoms with E-state index in [1.807, 2.05) is 6.92 Å². The number of carbonyl (C=O) groups is 1. The van der Waals surface area contributed by atoms with Gasteiger partial charge in [0.1, 0.15) is 0 Å². The molecular weight excluding hydrogens is 164 g/mol. The van der Waals surface area contributed by atoms with Gasteiger partial charge in [0.15, 0.2) is 0 Å². The van der Waals surface area contributed by atoms with Crippen LogP contribution < -0.4 is 11.1 Å². The molecule has 13 heavy (non-hydrogen) atoms. The first-order valence-corrected chi connectivity index (χ1v) is 5.23. The highest BCUT2D eigenvalue weighted by atomic mass is 16.1. The first-order chi connectivity index (χ1) is 6.20. The lowest BCUT2D eigenvalue weighted by molar-refractivity contribution is -0.121. The molecule has 0 saturated heterocycles. The summed E-state index contributed by atoms with van der Waals surface area (Å²) >= 11 is 0. The average molecular weight is 186 g/mol. The van der Waals surface area contributed by atoms with Crippen molar-refractivity contribution in [1.29, 1.82) is 0 Å². The van der Waals surface area contributed by atoms with Gasteiger partial charge in [-0.3, -0.25) is 4.79 Å². The largest absolute Gasteiger partial charge is 0.356 e. The molecule has 0 spiro atoms. The Balaban J connectivity index is 3.30. The Hall–Kier alpha value is -0.570. The van der Waals surface area contributed by atoms with Crippen LogP contribution in [0.25, 0.3) is 0 Å². The minimum Gasteiger partial charge on any atom is -0.356 e. The van der Waals surface area contributed by atoms with Crippen LogP contribution in [0, 0.1) is 0 Å². The van der Waals surface area contributed by atoms with Crippen LogP contribution in [0.3, 0.4) is 0 Å². The van der Waals surface area contributed by atoms with E-state index in [2.05, 4.69) is 12.2 Å². The lowest BCUT2D eigenvalue weighted by Crippen LogP contribution is -2.31. The smallest absolute Gasteiger partial charge is 0.221 e. The highest BCUT2D eigenvalue weighted by Gasteiger charge is 2.05. The molecule has 0 rings (SSSR count). The summed E-state index contributed by atoms with van der Waals surface area (Å²) in [6.45, 7) is 4.94. The zero-order valence-corrected chi connectivity index (χ0v) is 8.81. The van der Waals surface area contributed by atoms with Gasteiger partial charge in [-0.25, -0.2) is 0 Å². The van der Waals surface area contributed by atoms with Crippen LogP contribution in [0.15, 0.2) is 0 Å². The minimum absolute atomic E-state index is 0.0196. The van der Waals surface area contributed by atoms with Crippen molar-refractivity contribution in [2.45, 2.75) is 52.0 Å². The molecule has 0 aliphatic carbocycles. The van der Waals surface area contributed by atoms with Crippen LogP contribution >= 0.6 is 0 Å². The van der Waals surface area contributed by atoms with E-state index in [-0.39, 0.29) is 11.9 Å². The van der Waals surface area contributed by atoms with E-state index in [1.54, 1.807) is 0 Å². The van der Waals surface area contributed by atoms with Crippen LogP contribution in [0.1, 0.15) is 46.0 Å². The Morgan fingerprint density at radius 1 is 1.38 bits per heavy atom. The minimum atomic E-state index is 0.0196. The van der Waals surface area contributed by atoms with Gasteiger partial charge < -0.3 is 11.1 Å². The number of hydrogen-bond acceptors (Lipinski definition) is 2. The number of unbranched alkanes of at least 4 members (excludes halogenated alkanes) is 2. The molecule has 0 aliphatic heterocycles. The van der Waals surface area contributed by atoms with Crippen LogP contribution in [-0.2, 0) is 4.79 Å². The van der Waals surface area contributed by atoms with E-state index in [0.29, 0.717) is 6.42 Å². The molecule has 0 aromatic rings. The Bertz CT molecular complexity index is 137. The molecule has 78 valence electrons. The SMILES string of the molecule is CCCCCNC(=O)CC(N)CC. The highest BCUT2D eigenvalue weighted by Crippen LogP contribution is 1.94. The molecule has 0 saturated carbocycles. The van der Waals surface area contributed by atoms with Gasteiger partial charge in [0, 0.05) is 19.0 Å². The van der Waals surface area contributed by atoms with E-state index in [1.165, 1.54) is 12.8 Å². The molecule has 0 radical (unpaired) electrons. The molecule has 0 aromatic heterocycles. The summed E-state index contributed by atoms with van der Waals surface area (Å²) in [5.41, 5.74) is 5.64. The van der Waals surface area contributed by atoms with E-state index >= 15 is 0 Å². The second-order valence-electron chi connectivity index (χ2n) is 3.43. The summed E-state index contributed by atoms with van der Waals surface area (Å²) in [5, 5.41) is 2.86. The van der Waals surface area contributed by atoms with Crippen molar-refractivity contribution in [1.82, 2.24) is 5.32 Å². The molecule has 3 N–H and O–H groups in total. The Morgan fingerprint density at radius 2 is 2.08 bits per heavy atom. The number of rotatable bonds is 7. The van der Waals surface area contributed by atoms with E-state index in [0.717, 1.165) is 19.4 Å². The Morgan fingerprint density at radius 3 is 2.62 bits per heavy atom. The van der Waals surface area contributed by atoms with Crippen molar-refractivity contribution in [2.24, 2.45) is 5.73 Å². The zero-order valence-electron chi connectivity index (χ0n) is 8.81. The molecule has 0 heterocycles. The maximum absolute atomic E-state index is 11.2. The molecule has 1 atom stereocenters. The van der Waals surface area contributed by atoms with Crippen molar-refractivity contribution >= 4 is 5.91 Å². The summed E-state index contributed by atoms with van der Waals surface area (Å²) in [4.78, 5) is 11.2. The third-order valence-corrected chi connectivity index (χ3v) is 2.07. The average Bonchev–Trinajstić information content (AvgIpc) is 2.12. The molecular formula is C10H22N2O. The first-order valence-electron chi connectivity index (χ1n) is 5.23. The second-order valence-corrected chi connectivity index (χ2v) is 3.43. The van der Waals surface area contributed by atoms with Crippen molar-refractivity contribution in [3.05, 3.63) is 0 Å². The van der Waals surface area contributed by atoms with Gasteiger partial charge >= 0.3 is 0 Å². The molecule has 3 heteroatoms. The number of nitrogens with one attached hydrogen (secondary N) is 1. The second kappa shape index (κ2) is 8.05. The molecule has 0 aliphatic rings. The van der Waals surface area contributed by atoms with Gasteiger partial charge in [-0.2, -0.15) is 0 Å². The fourth-order valence-electron chi connectivity index (χ4n) is 1.06. The van der Waals surface area contributed by atoms with E-state index < -0.39 is 0 Å². The van der Waals surface area contributed by atoms with E-state index in [9.17, 15) is 4.79 Å². The summed E-state index contributed by atoms with van der Waals surface area (Å²) in [6, 6.07) is 0.0196. The van der Waals surface area contributed by atoms with Crippen LogP contribution in [-0.4, -0.2) is 18.5 Å². The van der Waals surface area contributed by atoms with Crippen molar-refractivity contribution in [2.75, 3.05) is 6.54 Å². The quantitative estimate of drug-likeness (QED) is 0.591. The molecule has 3 nitrogen and oxygen atoms in total. The maximum atomic E-state index is 11.2. The van der Waals surface area contributed by atoms with Gasteiger partial charge in [0.25, 0.3) is 0 Å². The molecule has 1 unspecified atom stereocenters. The van der Waals surface area contributed by atoms with Gasteiger partial charge in [-0.1, -0.05) is 26.7 Å².